The van der Waals surface area contributed by atoms with Crippen LogP contribution < -0.4 is 16.6 Å². The predicted octanol–water partition coefficient (Wildman–Crippen LogP) is 3.40. The zero-order valence-corrected chi connectivity index (χ0v) is 12.0. The number of hydrogen-bond donors (Lipinski definition) is 3. The lowest BCUT2D eigenvalue weighted by Crippen LogP contribution is -2.15. The lowest BCUT2D eigenvalue weighted by molar-refractivity contribution is 0.102. The van der Waals surface area contributed by atoms with Gasteiger partial charge in [-0.1, -0.05) is 0 Å². The summed E-state index contributed by atoms with van der Waals surface area (Å²) in [7, 11) is 0. The van der Waals surface area contributed by atoms with E-state index in [2.05, 4.69) is 21.2 Å². The SMILES string of the molecule is NNc1c(F)cc(C(=O)Nc2ccc(F)c(Br)c2)cc1F. The van der Waals surface area contributed by atoms with Crippen molar-refractivity contribution in [3.05, 3.63) is 57.8 Å². The molecule has 1 amide bonds. The molecule has 8 heteroatoms. The number of nitrogen functional groups attached to an aromatic ring is 1. The topological polar surface area (TPSA) is 67.1 Å². The Morgan fingerprint density at radius 2 is 1.67 bits per heavy atom. The summed E-state index contributed by atoms with van der Waals surface area (Å²) < 4.78 is 40.2. The molecule has 0 radical (unpaired) electrons. The van der Waals surface area contributed by atoms with Crippen molar-refractivity contribution in [2.75, 3.05) is 10.7 Å². The molecule has 4 nitrogen and oxygen atoms in total. The van der Waals surface area contributed by atoms with Gasteiger partial charge in [0.05, 0.1) is 4.47 Å². The molecule has 0 saturated heterocycles. The molecule has 0 aromatic heterocycles. The second kappa shape index (κ2) is 6.15. The van der Waals surface area contributed by atoms with Gasteiger partial charge in [-0.25, -0.2) is 13.2 Å². The number of rotatable bonds is 3. The van der Waals surface area contributed by atoms with Crippen molar-refractivity contribution in [2.45, 2.75) is 0 Å². The van der Waals surface area contributed by atoms with Gasteiger partial charge in [0.15, 0.2) is 11.6 Å². The van der Waals surface area contributed by atoms with E-state index in [0.29, 0.717) is 0 Å². The number of carbonyl (C=O) groups is 1. The van der Waals surface area contributed by atoms with Gasteiger partial charge in [0.25, 0.3) is 5.91 Å². The molecular formula is C13H9BrF3N3O. The predicted molar refractivity (Wildman–Crippen MR) is 76.2 cm³/mol. The van der Waals surface area contributed by atoms with Gasteiger partial charge >= 0.3 is 0 Å². The van der Waals surface area contributed by atoms with Gasteiger partial charge in [0.1, 0.15) is 11.5 Å². The van der Waals surface area contributed by atoms with Crippen LogP contribution in [0.3, 0.4) is 0 Å². The first-order chi connectivity index (χ1) is 9.92. The third-order valence-corrected chi connectivity index (χ3v) is 3.23. The van der Waals surface area contributed by atoms with Gasteiger partial charge in [-0.3, -0.25) is 10.6 Å². The highest BCUT2D eigenvalue weighted by molar-refractivity contribution is 9.10. The first-order valence-electron chi connectivity index (χ1n) is 5.64. The van der Waals surface area contributed by atoms with Crippen LogP contribution in [0.2, 0.25) is 0 Å². The van der Waals surface area contributed by atoms with Crippen LogP contribution in [0.15, 0.2) is 34.8 Å². The number of nitrogens with one attached hydrogen (secondary N) is 2. The minimum Gasteiger partial charge on any atom is -0.322 e. The maximum Gasteiger partial charge on any atom is 0.255 e. The van der Waals surface area contributed by atoms with E-state index in [1.54, 1.807) is 0 Å². The van der Waals surface area contributed by atoms with E-state index < -0.39 is 29.0 Å². The molecule has 0 heterocycles. The molecule has 2 aromatic rings. The molecular weight excluding hydrogens is 351 g/mol. The molecule has 0 unspecified atom stereocenters. The zero-order chi connectivity index (χ0) is 15.6. The Balaban J connectivity index is 2.26. The number of nitrogens with two attached hydrogens (primary N) is 1. The summed E-state index contributed by atoms with van der Waals surface area (Å²) in [6.07, 6.45) is 0. The minimum atomic E-state index is -0.997. The molecule has 2 aromatic carbocycles. The van der Waals surface area contributed by atoms with Gasteiger partial charge in [0, 0.05) is 11.3 Å². The van der Waals surface area contributed by atoms with E-state index in [9.17, 15) is 18.0 Å². The molecule has 4 N–H and O–H groups in total. The summed E-state index contributed by atoms with van der Waals surface area (Å²) in [5.74, 6) is 1.73. The molecule has 0 bridgehead atoms. The molecule has 0 atom stereocenters. The van der Waals surface area contributed by atoms with Crippen LogP contribution >= 0.6 is 15.9 Å². The lowest BCUT2D eigenvalue weighted by atomic mass is 10.1. The van der Waals surface area contributed by atoms with Crippen molar-refractivity contribution < 1.29 is 18.0 Å². The molecule has 0 spiro atoms. The molecule has 110 valence electrons. The Morgan fingerprint density at radius 3 is 2.19 bits per heavy atom. The van der Waals surface area contributed by atoms with E-state index in [-0.39, 0.29) is 15.7 Å². The van der Waals surface area contributed by atoms with E-state index in [1.807, 2.05) is 5.43 Å². The fourth-order valence-corrected chi connectivity index (χ4v) is 2.00. The first-order valence-corrected chi connectivity index (χ1v) is 6.43. The Kier molecular flexibility index (Phi) is 4.49. The summed E-state index contributed by atoms with van der Waals surface area (Å²) in [5.41, 5.74) is 1.37. The van der Waals surface area contributed by atoms with E-state index in [4.69, 9.17) is 5.84 Å². The van der Waals surface area contributed by atoms with Gasteiger partial charge in [-0.05, 0) is 46.3 Å². The van der Waals surface area contributed by atoms with Crippen LogP contribution in [-0.2, 0) is 0 Å². The van der Waals surface area contributed by atoms with Gasteiger partial charge < -0.3 is 10.7 Å². The number of carbonyl (C=O) groups excluding carboxylic acids is 1. The zero-order valence-electron chi connectivity index (χ0n) is 10.4. The number of amides is 1. The molecule has 0 aliphatic rings. The fraction of sp³-hybridized carbons (Fsp3) is 0. The number of hydrazine groups is 1. The van der Waals surface area contributed by atoms with Crippen LogP contribution in [0.4, 0.5) is 24.5 Å². The monoisotopic (exact) mass is 359 g/mol. The molecule has 2 rings (SSSR count). The third-order valence-electron chi connectivity index (χ3n) is 2.63. The summed E-state index contributed by atoms with van der Waals surface area (Å²) in [4.78, 5) is 11.9. The van der Waals surface area contributed by atoms with E-state index >= 15 is 0 Å². The molecule has 21 heavy (non-hydrogen) atoms. The van der Waals surface area contributed by atoms with Crippen LogP contribution in [0, 0.1) is 17.5 Å². The van der Waals surface area contributed by atoms with Crippen LogP contribution in [-0.4, -0.2) is 5.91 Å². The first kappa shape index (κ1) is 15.3. The Morgan fingerprint density at radius 1 is 1.05 bits per heavy atom. The van der Waals surface area contributed by atoms with Crippen molar-refractivity contribution in [1.29, 1.82) is 0 Å². The number of benzene rings is 2. The second-order valence-corrected chi connectivity index (χ2v) is 4.90. The average molecular weight is 360 g/mol. The van der Waals surface area contributed by atoms with Crippen molar-refractivity contribution >= 4 is 33.2 Å². The van der Waals surface area contributed by atoms with E-state index in [1.165, 1.54) is 12.1 Å². The summed E-state index contributed by atoms with van der Waals surface area (Å²) in [5, 5.41) is 2.40. The van der Waals surface area contributed by atoms with Gasteiger partial charge in [0.2, 0.25) is 0 Å². The van der Waals surface area contributed by atoms with Crippen molar-refractivity contribution in [2.24, 2.45) is 5.84 Å². The number of anilines is 2. The van der Waals surface area contributed by atoms with Crippen molar-refractivity contribution in [1.82, 2.24) is 0 Å². The fourth-order valence-electron chi connectivity index (χ4n) is 1.62. The summed E-state index contributed by atoms with van der Waals surface area (Å²) in [6.45, 7) is 0. The van der Waals surface area contributed by atoms with Crippen LogP contribution in [0.1, 0.15) is 10.4 Å². The summed E-state index contributed by atoms with van der Waals surface area (Å²) in [6, 6.07) is 5.47. The van der Waals surface area contributed by atoms with Crippen LogP contribution in [0.25, 0.3) is 0 Å². The highest BCUT2D eigenvalue weighted by Crippen LogP contribution is 2.22. The highest BCUT2D eigenvalue weighted by atomic mass is 79.9. The average Bonchev–Trinajstić information content (AvgIpc) is 2.42. The Hall–Kier alpha value is -2.06. The molecule has 0 aliphatic carbocycles. The lowest BCUT2D eigenvalue weighted by Gasteiger charge is -2.09. The Labute approximate surface area is 126 Å². The van der Waals surface area contributed by atoms with Crippen LogP contribution in [0.5, 0.6) is 0 Å². The summed E-state index contributed by atoms with van der Waals surface area (Å²) >= 11 is 2.97. The number of hydrogen-bond acceptors (Lipinski definition) is 3. The molecule has 0 aliphatic heterocycles. The standard InChI is InChI=1S/C13H9BrF3N3O/c14-8-5-7(1-2-9(8)15)19-13(21)6-3-10(16)12(20-18)11(17)4-6/h1-5,20H,18H2,(H,19,21). The maximum absolute atomic E-state index is 13.5. The smallest absolute Gasteiger partial charge is 0.255 e. The highest BCUT2D eigenvalue weighted by Gasteiger charge is 2.15. The minimum absolute atomic E-state index is 0.153. The maximum atomic E-state index is 13.5. The van der Waals surface area contributed by atoms with Crippen molar-refractivity contribution in [3.8, 4) is 0 Å². The number of halogens is 4. The molecule has 0 saturated carbocycles. The molecule has 0 fully saturated rings. The Bertz CT molecular complexity index is 686. The van der Waals surface area contributed by atoms with Gasteiger partial charge in [-0.15, -0.1) is 0 Å². The normalized spacial score (nSPS) is 10.3. The van der Waals surface area contributed by atoms with Crippen molar-refractivity contribution in [3.63, 3.8) is 0 Å². The van der Waals surface area contributed by atoms with E-state index in [0.717, 1.165) is 18.2 Å². The quantitative estimate of drug-likeness (QED) is 0.581. The van der Waals surface area contributed by atoms with Gasteiger partial charge in [-0.2, -0.15) is 0 Å². The largest absolute Gasteiger partial charge is 0.322 e. The second-order valence-electron chi connectivity index (χ2n) is 4.04. The third kappa shape index (κ3) is 3.34.